The maximum Gasteiger partial charge on any atom is 0.0123 e. The molecule has 0 nitrogen and oxygen atoms in total. The molecule has 0 spiro atoms. The van der Waals surface area contributed by atoms with Gasteiger partial charge in [-0.25, -0.2) is 0 Å². The Hall–Kier alpha value is -0.560. The summed E-state index contributed by atoms with van der Waals surface area (Å²) in [6.45, 7) is 2.19. The molecule has 0 aliphatic heterocycles. The van der Waals surface area contributed by atoms with Crippen LogP contribution in [0.5, 0.6) is 0 Å². The van der Waals surface area contributed by atoms with E-state index in [9.17, 15) is 0 Å². The lowest BCUT2D eigenvalue weighted by molar-refractivity contribution is 1.01. The lowest BCUT2D eigenvalue weighted by Crippen LogP contribution is -1.88. The van der Waals surface area contributed by atoms with Crippen LogP contribution in [0.15, 0.2) is 11.5 Å². The van der Waals surface area contributed by atoms with Crippen LogP contribution in [0.3, 0.4) is 0 Å². The van der Waals surface area contributed by atoms with Gasteiger partial charge in [0.05, 0.1) is 0 Å². The molecule has 0 saturated carbocycles. The van der Waals surface area contributed by atoms with E-state index in [0.29, 0.717) is 0 Å². The highest BCUT2D eigenvalue weighted by Crippen LogP contribution is 2.27. The van der Waals surface area contributed by atoms with Gasteiger partial charge in [-0.2, -0.15) is 0 Å². The largest absolute Gasteiger partial charge is 0.148 e. The quantitative estimate of drug-likeness (QED) is 0.533. The van der Waals surface area contributed by atoms with Crippen LogP contribution in [0.1, 0.15) is 22.4 Å². The Bertz CT molecular complexity index is 268. The molecule has 0 atom stereocenters. The number of hydrogen-bond acceptors (Lipinski definition) is 1. The third-order valence-corrected chi connectivity index (χ3v) is 3.11. The lowest BCUT2D eigenvalue weighted by Gasteiger charge is -2.03. The molecule has 0 radical (unpaired) electrons. The maximum absolute atomic E-state index is 2.27. The molecule has 2 rings (SSSR count). The predicted molar refractivity (Wildman–Crippen MR) is 46.4 cm³/mol. The third kappa shape index (κ3) is 0.816. The first-order valence-electron chi connectivity index (χ1n) is 3.61. The minimum atomic E-state index is 1.23. The minimum absolute atomic E-state index is 1.23. The monoisotopic (exact) mass is 150 g/mol. The van der Waals surface area contributed by atoms with Gasteiger partial charge in [0, 0.05) is 4.88 Å². The van der Waals surface area contributed by atoms with Crippen LogP contribution >= 0.6 is 11.3 Å². The first-order valence-corrected chi connectivity index (χ1v) is 4.49. The molecule has 1 aromatic heterocycles. The van der Waals surface area contributed by atoms with Crippen molar-refractivity contribution in [3.05, 3.63) is 27.5 Å². The van der Waals surface area contributed by atoms with E-state index in [4.69, 9.17) is 0 Å². The fraction of sp³-hybridized carbons (Fsp3) is 0.333. The molecule has 1 heteroatoms. The zero-order valence-corrected chi connectivity index (χ0v) is 6.87. The molecule has 1 heterocycles. The molecule has 1 aliphatic carbocycles. The molecule has 0 unspecified atom stereocenters. The van der Waals surface area contributed by atoms with Gasteiger partial charge in [-0.1, -0.05) is 12.2 Å². The summed E-state index contributed by atoms with van der Waals surface area (Å²) in [5.41, 5.74) is 2.92. The summed E-state index contributed by atoms with van der Waals surface area (Å²) in [5.74, 6) is 0. The second-order valence-electron chi connectivity index (χ2n) is 2.70. The molecule has 10 heavy (non-hydrogen) atoms. The standard InChI is InChI=1S/C9H10S/c1-7-6-10-9-5-3-2-4-8(7)9/h2,4,6H,3,5H2,1H3. The molecule has 0 fully saturated rings. The summed E-state index contributed by atoms with van der Waals surface area (Å²) in [6.07, 6.45) is 7.00. The Balaban J connectivity index is 2.57. The van der Waals surface area contributed by atoms with Crippen LogP contribution in [0, 0.1) is 6.92 Å². The van der Waals surface area contributed by atoms with Crippen molar-refractivity contribution in [2.45, 2.75) is 19.8 Å². The molecule has 1 aliphatic rings. The van der Waals surface area contributed by atoms with Crippen molar-refractivity contribution in [1.29, 1.82) is 0 Å². The summed E-state index contributed by atoms with van der Waals surface area (Å²) < 4.78 is 0. The summed E-state index contributed by atoms with van der Waals surface area (Å²) in [4.78, 5) is 1.57. The van der Waals surface area contributed by atoms with Crippen LogP contribution < -0.4 is 0 Å². The van der Waals surface area contributed by atoms with E-state index in [1.54, 1.807) is 4.88 Å². The highest BCUT2D eigenvalue weighted by atomic mass is 32.1. The first-order chi connectivity index (χ1) is 4.88. The van der Waals surface area contributed by atoms with Crippen molar-refractivity contribution in [1.82, 2.24) is 0 Å². The van der Waals surface area contributed by atoms with Crippen LogP contribution in [0.25, 0.3) is 6.08 Å². The fourth-order valence-corrected chi connectivity index (χ4v) is 2.38. The van der Waals surface area contributed by atoms with Crippen LogP contribution in [0.2, 0.25) is 0 Å². The third-order valence-electron chi connectivity index (χ3n) is 1.93. The SMILES string of the molecule is Cc1csc2c1C=CCC2. The number of rotatable bonds is 0. The van der Waals surface area contributed by atoms with Crippen LogP contribution in [-0.2, 0) is 6.42 Å². The molecule has 0 N–H and O–H groups in total. The normalized spacial score (nSPS) is 15.3. The molecular weight excluding hydrogens is 140 g/mol. The zero-order valence-electron chi connectivity index (χ0n) is 6.05. The summed E-state index contributed by atoms with van der Waals surface area (Å²) in [7, 11) is 0. The molecule has 0 bridgehead atoms. The average molecular weight is 150 g/mol. The molecular formula is C9H10S. The molecule has 0 amide bonds. The highest BCUT2D eigenvalue weighted by molar-refractivity contribution is 7.10. The number of thiophene rings is 1. The number of aryl methyl sites for hydroxylation is 2. The van der Waals surface area contributed by atoms with Gasteiger partial charge in [-0.3, -0.25) is 0 Å². The van der Waals surface area contributed by atoms with Crippen LogP contribution in [-0.4, -0.2) is 0 Å². The van der Waals surface area contributed by atoms with Gasteiger partial charge in [0.2, 0.25) is 0 Å². The first kappa shape index (κ1) is 6.17. The van der Waals surface area contributed by atoms with Crippen molar-refractivity contribution < 1.29 is 0 Å². The number of allylic oxidation sites excluding steroid dienone is 1. The van der Waals surface area contributed by atoms with E-state index in [1.807, 2.05) is 11.3 Å². The predicted octanol–water partition coefficient (Wildman–Crippen LogP) is 3.02. The van der Waals surface area contributed by atoms with E-state index in [2.05, 4.69) is 24.5 Å². The van der Waals surface area contributed by atoms with E-state index in [0.717, 1.165) is 0 Å². The topological polar surface area (TPSA) is 0 Å². The van der Waals surface area contributed by atoms with Gasteiger partial charge in [0.15, 0.2) is 0 Å². The van der Waals surface area contributed by atoms with E-state index in [1.165, 1.54) is 24.0 Å². The maximum atomic E-state index is 2.27. The second-order valence-corrected chi connectivity index (χ2v) is 3.66. The van der Waals surface area contributed by atoms with E-state index in [-0.39, 0.29) is 0 Å². The highest BCUT2D eigenvalue weighted by Gasteiger charge is 2.07. The minimum Gasteiger partial charge on any atom is -0.148 e. The van der Waals surface area contributed by atoms with Gasteiger partial charge in [0.25, 0.3) is 0 Å². The summed E-state index contributed by atoms with van der Waals surface area (Å²) in [6, 6.07) is 0. The average Bonchev–Trinajstić information content (AvgIpc) is 2.34. The van der Waals surface area contributed by atoms with Crippen molar-refractivity contribution >= 4 is 17.4 Å². The molecule has 1 aromatic rings. The van der Waals surface area contributed by atoms with Crippen molar-refractivity contribution in [2.24, 2.45) is 0 Å². The van der Waals surface area contributed by atoms with Crippen molar-refractivity contribution in [2.75, 3.05) is 0 Å². The summed E-state index contributed by atoms with van der Waals surface area (Å²) in [5, 5.41) is 2.25. The Morgan fingerprint density at radius 3 is 3.20 bits per heavy atom. The van der Waals surface area contributed by atoms with Crippen molar-refractivity contribution in [3.63, 3.8) is 0 Å². The second kappa shape index (κ2) is 2.24. The van der Waals surface area contributed by atoms with E-state index < -0.39 is 0 Å². The number of fused-ring (bicyclic) bond motifs is 1. The van der Waals surface area contributed by atoms with Gasteiger partial charge in [-0.15, -0.1) is 11.3 Å². The Kier molecular flexibility index (Phi) is 1.38. The molecule has 52 valence electrons. The van der Waals surface area contributed by atoms with E-state index >= 15 is 0 Å². The lowest BCUT2D eigenvalue weighted by atomic mass is 10.0. The smallest absolute Gasteiger partial charge is 0.0123 e. The number of hydrogen-bond donors (Lipinski definition) is 0. The summed E-state index contributed by atoms with van der Waals surface area (Å²) >= 11 is 1.90. The van der Waals surface area contributed by atoms with Gasteiger partial charge in [0.1, 0.15) is 0 Å². The Morgan fingerprint density at radius 2 is 2.40 bits per heavy atom. The Labute approximate surface area is 65.2 Å². The van der Waals surface area contributed by atoms with Crippen molar-refractivity contribution in [3.8, 4) is 0 Å². The van der Waals surface area contributed by atoms with Crippen LogP contribution in [0.4, 0.5) is 0 Å². The van der Waals surface area contributed by atoms with Gasteiger partial charge < -0.3 is 0 Å². The molecule has 0 aromatic carbocycles. The van der Waals surface area contributed by atoms with Gasteiger partial charge >= 0.3 is 0 Å². The van der Waals surface area contributed by atoms with Gasteiger partial charge in [-0.05, 0) is 36.3 Å². The fourth-order valence-electron chi connectivity index (χ4n) is 1.34. The Morgan fingerprint density at radius 1 is 1.50 bits per heavy atom. The zero-order chi connectivity index (χ0) is 6.97. The molecule has 0 saturated heterocycles.